The minimum atomic E-state index is -0.231. The highest BCUT2D eigenvalue weighted by Crippen LogP contribution is 2.38. The van der Waals surface area contributed by atoms with Crippen LogP contribution in [0.25, 0.3) is 22.1 Å². The van der Waals surface area contributed by atoms with E-state index in [-0.39, 0.29) is 12.3 Å². The molecule has 0 aliphatic carbocycles. The third-order valence-corrected chi connectivity index (χ3v) is 5.55. The van der Waals surface area contributed by atoms with Gasteiger partial charge >= 0.3 is 0 Å². The summed E-state index contributed by atoms with van der Waals surface area (Å²) in [6.45, 7) is 6.77. The monoisotopic (exact) mass is 463 g/mol. The van der Waals surface area contributed by atoms with Crippen molar-refractivity contribution < 1.29 is 18.7 Å². The molecule has 5 nitrogen and oxygen atoms in total. The summed E-state index contributed by atoms with van der Waals surface area (Å²) in [5, 5.41) is 5.31. The molecule has 6 heteroatoms. The average molecular weight is 464 g/mol. The standard InChI is InChI=1S/C27H26ClNO4/c1-4-31-22-11-8-12-23(32-5-2)26(22)29-25(30)16-24-20-14-13-18(28)15-21(20)27(33-24)19-10-7-6-9-17(19)3/h6-15H,4-5,16H2,1-3H3,(H,29,30). The van der Waals surface area contributed by atoms with Gasteiger partial charge in [0.1, 0.15) is 28.7 Å². The second-order valence-corrected chi connectivity index (χ2v) is 8.02. The molecule has 4 aromatic rings. The van der Waals surface area contributed by atoms with Crippen LogP contribution in [0.5, 0.6) is 11.5 Å². The molecule has 0 saturated heterocycles. The van der Waals surface area contributed by atoms with Gasteiger partial charge in [0, 0.05) is 21.4 Å². The number of amides is 1. The molecule has 0 saturated carbocycles. The smallest absolute Gasteiger partial charge is 0.232 e. The highest BCUT2D eigenvalue weighted by atomic mass is 35.5. The van der Waals surface area contributed by atoms with Crippen LogP contribution in [0, 0.1) is 6.92 Å². The van der Waals surface area contributed by atoms with Crippen molar-refractivity contribution in [2.45, 2.75) is 27.2 Å². The number of furan rings is 1. The fraction of sp³-hybridized carbons (Fsp3) is 0.222. The largest absolute Gasteiger partial charge is 0.492 e. The molecular formula is C27H26ClNO4. The zero-order valence-electron chi connectivity index (χ0n) is 18.9. The quantitative estimate of drug-likeness (QED) is 0.304. The van der Waals surface area contributed by atoms with E-state index in [4.69, 9.17) is 25.5 Å². The van der Waals surface area contributed by atoms with E-state index in [2.05, 4.69) is 5.32 Å². The lowest BCUT2D eigenvalue weighted by molar-refractivity contribution is -0.115. The van der Waals surface area contributed by atoms with Crippen LogP contribution in [0.15, 0.2) is 65.1 Å². The molecule has 0 fully saturated rings. The molecule has 1 amide bonds. The van der Waals surface area contributed by atoms with Crippen molar-refractivity contribution >= 4 is 34.0 Å². The molecule has 4 rings (SSSR count). The van der Waals surface area contributed by atoms with E-state index in [0.29, 0.717) is 46.9 Å². The van der Waals surface area contributed by atoms with Gasteiger partial charge in [0.2, 0.25) is 5.91 Å². The number of rotatable bonds is 8. The first-order valence-corrected chi connectivity index (χ1v) is 11.3. The lowest BCUT2D eigenvalue weighted by Crippen LogP contribution is -2.16. The Morgan fingerprint density at radius 2 is 1.64 bits per heavy atom. The fourth-order valence-corrected chi connectivity index (χ4v) is 4.03. The molecule has 1 heterocycles. The molecule has 0 aliphatic heterocycles. The summed E-state index contributed by atoms with van der Waals surface area (Å²) in [7, 11) is 0. The molecule has 1 N–H and O–H groups in total. The van der Waals surface area contributed by atoms with Crippen LogP contribution >= 0.6 is 11.6 Å². The first-order valence-electron chi connectivity index (χ1n) is 11.0. The van der Waals surface area contributed by atoms with Gasteiger partial charge in [-0.25, -0.2) is 0 Å². The Bertz CT molecular complexity index is 1270. The van der Waals surface area contributed by atoms with E-state index in [1.807, 2.05) is 75.4 Å². The Kier molecular flexibility index (Phi) is 6.90. The SMILES string of the molecule is CCOc1cccc(OCC)c1NC(=O)Cc1oc(-c2ccccc2C)c2cc(Cl)ccc12. The van der Waals surface area contributed by atoms with Gasteiger partial charge in [0.15, 0.2) is 0 Å². The van der Waals surface area contributed by atoms with Crippen LogP contribution in [0.1, 0.15) is 25.2 Å². The Balaban J connectivity index is 1.70. The molecule has 0 spiro atoms. The van der Waals surface area contributed by atoms with E-state index >= 15 is 0 Å². The first kappa shape index (κ1) is 22.7. The lowest BCUT2D eigenvalue weighted by atomic mass is 10.0. The molecule has 0 bridgehead atoms. The molecule has 33 heavy (non-hydrogen) atoms. The van der Waals surface area contributed by atoms with Gasteiger partial charge < -0.3 is 19.2 Å². The van der Waals surface area contributed by atoms with Gasteiger partial charge in [-0.2, -0.15) is 0 Å². The van der Waals surface area contributed by atoms with Crippen LogP contribution in [0.4, 0.5) is 5.69 Å². The zero-order valence-corrected chi connectivity index (χ0v) is 19.7. The third-order valence-electron chi connectivity index (χ3n) is 5.31. The molecule has 0 aliphatic rings. The van der Waals surface area contributed by atoms with E-state index in [1.54, 1.807) is 6.07 Å². The fourth-order valence-electron chi connectivity index (χ4n) is 3.85. The second kappa shape index (κ2) is 10.0. The number of carbonyl (C=O) groups is 1. The summed E-state index contributed by atoms with van der Waals surface area (Å²) in [5.41, 5.74) is 2.57. The van der Waals surface area contributed by atoms with Crippen molar-refractivity contribution in [2.75, 3.05) is 18.5 Å². The van der Waals surface area contributed by atoms with Crippen molar-refractivity contribution in [2.24, 2.45) is 0 Å². The molecule has 3 aromatic carbocycles. The van der Waals surface area contributed by atoms with Crippen molar-refractivity contribution in [3.63, 3.8) is 0 Å². The van der Waals surface area contributed by atoms with Gasteiger partial charge in [-0.3, -0.25) is 4.79 Å². The second-order valence-electron chi connectivity index (χ2n) is 7.58. The van der Waals surface area contributed by atoms with E-state index in [0.717, 1.165) is 21.9 Å². The van der Waals surface area contributed by atoms with Crippen LogP contribution < -0.4 is 14.8 Å². The minimum Gasteiger partial charge on any atom is -0.492 e. The van der Waals surface area contributed by atoms with Gasteiger partial charge in [-0.1, -0.05) is 41.9 Å². The van der Waals surface area contributed by atoms with Crippen LogP contribution in [0.2, 0.25) is 5.02 Å². The normalized spacial score (nSPS) is 10.9. The number of benzene rings is 3. The zero-order chi connectivity index (χ0) is 23.4. The Morgan fingerprint density at radius 3 is 2.30 bits per heavy atom. The summed E-state index contributed by atoms with van der Waals surface area (Å²) in [4.78, 5) is 13.1. The highest BCUT2D eigenvalue weighted by molar-refractivity contribution is 6.31. The summed E-state index contributed by atoms with van der Waals surface area (Å²) >= 11 is 6.29. The number of halogens is 1. The molecule has 170 valence electrons. The first-order chi connectivity index (χ1) is 16.0. The number of carbonyl (C=O) groups excluding carboxylic acids is 1. The highest BCUT2D eigenvalue weighted by Gasteiger charge is 2.20. The van der Waals surface area contributed by atoms with Gasteiger partial charge in [-0.15, -0.1) is 0 Å². The van der Waals surface area contributed by atoms with E-state index < -0.39 is 0 Å². The van der Waals surface area contributed by atoms with Crippen molar-refractivity contribution in [1.29, 1.82) is 0 Å². The number of fused-ring (bicyclic) bond motifs is 1. The Labute approximate surface area is 198 Å². The molecule has 0 atom stereocenters. The maximum Gasteiger partial charge on any atom is 0.232 e. The predicted molar refractivity (Wildman–Crippen MR) is 133 cm³/mol. The number of aryl methyl sites for hydroxylation is 1. The number of hydrogen-bond acceptors (Lipinski definition) is 4. The van der Waals surface area contributed by atoms with Crippen molar-refractivity contribution in [3.05, 3.63) is 77.0 Å². The number of ether oxygens (including phenoxy) is 2. The predicted octanol–water partition coefficient (Wildman–Crippen LogP) is 7.04. The maximum atomic E-state index is 13.1. The summed E-state index contributed by atoms with van der Waals surface area (Å²) in [5.74, 6) is 2.18. The molecule has 0 radical (unpaired) electrons. The van der Waals surface area contributed by atoms with Crippen LogP contribution in [-0.2, 0) is 11.2 Å². The Morgan fingerprint density at radius 1 is 0.939 bits per heavy atom. The van der Waals surface area contributed by atoms with E-state index in [9.17, 15) is 4.79 Å². The number of hydrogen-bond donors (Lipinski definition) is 1. The minimum absolute atomic E-state index is 0.0516. The number of para-hydroxylation sites is 1. The van der Waals surface area contributed by atoms with Crippen molar-refractivity contribution in [3.8, 4) is 22.8 Å². The summed E-state index contributed by atoms with van der Waals surface area (Å²) in [6, 6.07) is 19.0. The average Bonchev–Trinajstić information content (AvgIpc) is 3.13. The summed E-state index contributed by atoms with van der Waals surface area (Å²) in [6.07, 6.45) is 0.0516. The Hall–Kier alpha value is -3.44. The lowest BCUT2D eigenvalue weighted by Gasteiger charge is -2.15. The summed E-state index contributed by atoms with van der Waals surface area (Å²) < 4.78 is 17.7. The number of nitrogens with one attached hydrogen (secondary N) is 1. The molecule has 1 aromatic heterocycles. The third kappa shape index (κ3) is 4.83. The van der Waals surface area contributed by atoms with Gasteiger partial charge in [-0.05, 0) is 56.7 Å². The van der Waals surface area contributed by atoms with Gasteiger partial charge in [0.05, 0.1) is 19.6 Å². The van der Waals surface area contributed by atoms with E-state index in [1.165, 1.54) is 0 Å². The molecular weight excluding hydrogens is 438 g/mol. The van der Waals surface area contributed by atoms with Crippen LogP contribution in [-0.4, -0.2) is 19.1 Å². The van der Waals surface area contributed by atoms with Gasteiger partial charge in [0.25, 0.3) is 0 Å². The van der Waals surface area contributed by atoms with Crippen molar-refractivity contribution in [1.82, 2.24) is 0 Å². The number of anilines is 1. The van der Waals surface area contributed by atoms with Crippen LogP contribution in [0.3, 0.4) is 0 Å². The molecule has 0 unspecified atom stereocenters. The maximum absolute atomic E-state index is 13.1. The topological polar surface area (TPSA) is 60.7 Å².